The summed E-state index contributed by atoms with van der Waals surface area (Å²) in [7, 11) is 0. The highest BCUT2D eigenvalue weighted by Gasteiger charge is 2.21. The molecule has 1 aromatic heterocycles. The molecule has 0 spiro atoms. The standard InChI is InChI=1S/C12H17FN2O/c13-9-6-7-12(14-8-9)15-10-4-2-1-3-5-11(10)16/h6-8,10-11,16H,1-5H2,(H,14,15). The highest BCUT2D eigenvalue weighted by atomic mass is 19.1. The van der Waals surface area contributed by atoms with Crippen LogP contribution >= 0.6 is 0 Å². The summed E-state index contributed by atoms with van der Waals surface area (Å²) in [5.41, 5.74) is 0. The SMILES string of the molecule is OC1CCCCCC1Nc1ccc(F)cn1. The molecule has 2 rings (SSSR count). The minimum atomic E-state index is -0.341. The van der Waals surface area contributed by atoms with E-state index in [1.54, 1.807) is 6.07 Å². The minimum absolute atomic E-state index is 0.0421. The van der Waals surface area contributed by atoms with Crippen LogP contribution in [0.2, 0.25) is 0 Å². The lowest BCUT2D eigenvalue weighted by Crippen LogP contribution is -2.32. The van der Waals surface area contributed by atoms with Crippen LogP contribution < -0.4 is 5.32 Å². The molecule has 1 aromatic rings. The molecule has 1 heterocycles. The van der Waals surface area contributed by atoms with Gasteiger partial charge >= 0.3 is 0 Å². The smallest absolute Gasteiger partial charge is 0.141 e. The van der Waals surface area contributed by atoms with Gasteiger partial charge in [-0.2, -0.15) is 0 Å². The largest absolute Gasteiger partial charge is 0.391 e. The molecule has 0 amide bonds. The number of hydrogen-bond acceptors (Lipinski definition) is 3. The Kier molecular flexibility index (Phi) is 3.72. The molecule has 0 radical (unpaired) electrons. The monoisotopic (exact) mass is 224 g/mol. The van der Waals surface area contributed by atoms with Crippen LogP contribution in [0.15, 0.2) is 18.3 Å². The summed E-state index contributed by atoms with van der Waals surface area (Å²) in [5, 5.41) is 13.1. The van der Waals surface area contributed by atoms with Crippen molar-refractivity contribution in [3.05, 3.63) is 24.1 Å². The van der Waals surface area contributed by atoms with Crippen molar-refractivity contribution in [2.75, 3.05) is 5.32 Å². The molecule has 88 valence electrons. The molecule has 3 nitrogen and oxygen atoms in total. The number of aliphatic hydroxyl groups is 1. The van der Waals surface area contributed by atoms with Crippen molar-refractivity contribution >= 4 is 5.82 Å². The number of aromatic nitrogens is 1. The predicted molar refractivity (Wildman–Crippen MR) is 60.7 cm³/mol. The fourth-order valence-electron chi connectivity index (χ4n) is 2.11. The van der Waals surface area contributed by atoms with Gasteiger partial charge in [0.2, 0.25) is 0 Å². The number of pyridine rings is 1. The summed E-state index contributed by atoms with van der Waals surface area (Å²) in [4.78, 5) is 3.94. The van der Waals surface area contributed by atoms with Gasteiger partial charge in [0, 0.05) is 0 Å². The number of aliphatic hydroxyl groups excluding tert-OH is 1. The van der Waals surface area contributed by atoms with Crippen molar-refractivity contribution in [2.45, 2.75) is 44.2 Å². The summed E-state index contributed by atoms with van der Waals surface area (Å²) >= 11 is 0. The summed E-state index contributed by atoms with van der Waals surface area (Å²) in [6.07, 6.45) is 6.01. The summed E-state index contributed by atoms with van der Waals surface area (Å²) in [5.74, 6) is 0.291. The van der Waals surface area contributed by atoms with Gasteiger partial charge in [0.05, 0.1) is 18.3 Å². The van der Waals surface area contributed by atoms with Gasteiger partial charge in [-0.05, 0) is 25.0 Å². The Balaban J connectivity index is 1.99. The number of nitrogens with one attached hydrogen (secondary N) is 1. The molecule has 1 fully saturated rings. The Bertz CT molecular complexity index is 328. The zero-order chi connectivity index (χ0) is 11.4. The lowest BCUT2D eigenvalue weighted by atomic mass is 10.1. The molecule has 1 aliphatic carbocycles. The van der Waals surface area contributed by atoms with Gasteiger partial charge in [-0.25, -0.2) is 9.37 Å². The molecule has 4 heteroatoms. The van der Waals surface area contributed by atoms with Crippen LogP contribution in [0.5, 0.6) is 0 Å². The molecular weight excluding hydrogens is 207 g/mol. The molecule has 2 unspecified atom stereocenters. The van der Waals surface area contributed by atoms with E-state index in [9.17, 15) is 9.50 Å². The molecule has 0 aromatic carbocycles. The molecule has 16 heavy (non-hydrogen) atoms. The average Bonchev–Trinajstić information content (AvgIpc) is 2.48. The van der Waals surface area contributed by atoms with Crippen LogP contribution in [0, 0.1) is 5.82 Å². The van der Waals surface area contributed by atoms with Gasteiger partial charge in [0.1, 0.15) is 11.6 Å². The average molecular weight is 224 g/mol. The molecule has 2 atom stereocenters. The third kappa shape index (κ3) is 2.92. The van der Waals surface area contributed by atoms with Crippen LogP contribution in [0.25, 0.3) is 0 Å². The van der Waals surface area contributed by atoms with E-state index in [1.807, 2.05) is 0 Å². The van der Waals surface area contributed by atoms with E-state index in [4.69, 9.17) is 0 Å². The van der Waals surface area contributed by atoms with E-state index in [0.29, 0.717) is 5.82 Å². The lowest BCUT2D eigenvalue weighted by Gasteiger charge is -2.22. The summed E-state index contributed by atoms with van der Waals surface area (Å²) < 4.78 is 12.7. The van der Waals surface area contributed by atoms with Crippen LogP contribution in [0.3, 0.4) is 0 Å². The van der Waals surface area contributed by atoms with Crippen LogP contribution in [-0.4, -0.2) is 22.2 Å². The maximum atomic E-state index is 12.7. The highest BCUT2D eigenvalue weighted by molar-refractivity contribution is 5.35. The Morgan fingerprint density at radius 2 is 2.06 bits per heavy atom. The molecular formula is C12H17FN2O. The zero-order valence-electron chi connectivity index (χ0n) is 9.19. The first kappa shape index (κ1) is 11.3. The molecule has 0 bridgehead atoms. The van der Waals surface area contributed by atoms with E-state index < -0.39 is 0 Å². The number of anilines is 1. The van der Waals surface area contributed by atoms with Crippen molar-refractivity contribution in [1.82, 2.24) is 4.98 Å². The molecule has 1 aliphatic rings. The van der Waals surface area contributed by atoms with Gasteiger partial charge in [-0.1, -0.05) is 19.3 Å². The molecule has 0 saturated heterocycles. The quantitative estimate of drug-likeness (QED) is 0.758. The van der Waals surface area contributed by atoms with E-state index in [0.717, 1.165) is 25.7 Å². The van der Waals surface area contributed by atoms with E-state index in [1.165, 1.54) is 18.7 Å². The van der Waals surface area contributed by atoms with Gasteiger partial charge in [-0.15, -0.1) is 0 Å². The van der Waals surface area contributed by atoms with Crippen LogP contribution in [0.1, 0.15) is 32.1 Å². The van der Waals surface area contributed by atoms with Crippen molar-refractivity contribution in [1.29, 1.82) is 0 Å². The normalized spacial score (nSPS) is 26.1. The molecule has 2 N–H and O–H groups in total. The van der Waals surface area contributed by atoms with E-state index >= 15 is 0 Å². The fraction of sp³-hybridized carbons (Fsp3) is 0.583. The Morgan fingerprint density at radius 1 is 1.25 bits per heavy atom. The first-order valence-electron chi connectivity index (χ1n) is 5.82. The topological polar surface area (TPSA) is 45.1 Å². The second-order valence-corrected chi connectivity index (χ2v) is 4.32. The van der Waals surface area contributed by atoms with Gasteiger partial charge < -0.3 is 10.4 Å². The van der Waals surface area contributed by atoms with Crippen molar-refractivity contribution < 1.29 is 9.50 Å². The maximum absolute atomic E-state index is 12.7. The number of nitrogens with zero attached hydrogens (tertiary/aromatic N) is 1. The van der Waals surface area contributed by atoms with Crippen LogP contribution in [0.4, 0.5) is 10.2 Å². The summed E-state index contributed by atoms with van der Waals surface area (Å²) in [6, 6.07) is 3.02. The number of hydrogen-bond donors (Lipinski definition) is 2. The molecule has 1 saturated carbocycles. The Morgan fingerprint density at radius 3 is 2.81 bits per heavy atom. The third-order valence-electron chi connectivity index (χ3n) is 3.04. The summed E-state index contributed by atoms with van der Waals surface area (Å²) in [6.45, 7) is 0. The van der Waals surface area contributed by atoms with Crippen molar-refractivity contribution in [3.63, 3.8) is 0 Å². The third-order valence-corrected chi connectivity index (χ3v) is 3.04. The van der Waals surface area contributed by atoms with E-state index in [2.05, 4.69) is 10.3 Å². The first-order chi connectivity index (χ1) is 7.75. The first-order valence-corrected chi connectivity index (χ1v) is 5.82. The number of rotatable bonds is 2. The highest BCUT2D eigenvalue weighted by Crippen LogP contribution is 2.20. The second-order valence-electron chi connectivity index (χ2n) is 4.32. The molecule has 0 aliphatic heterocycles. The fourth-order valence-corrected chi connectivity index (χ4v) is 2.11. The van der Waals surface area contributed by atoms with E-state index in [-0.39, 0.29) is 18.0 Å². The predicted octanol–water partition coefficient (Wildman–Crippen LogP) is 2.33. The van der Waals surface area contributed by atoms with Gasteiger partial charge in [-0.3, -0.25) is 0 Å². The van der Waals surface area contributed by atoms with Crippen molar-refractivity contribution in [2.24, 2.45) is 0 Å². The maximum Gasteiger partial charge on any atom is 0.141 e. The number of halogens is 1. The van der Waals surface area contributed by atoms with Gasteiger partial charge in [0.15, 0.2) is 0 Å². The zero-order valence-corrected chi connectivity index (χ0v) is 9.19. The minimum Gasteiger partial charge on any atom is -0.391 e. The lowest BCUT2D eigenvalue weighted by molar-refractivity contribution is 0.144. The van der Waals surface area contributed by atoms with Crippen molar-refractivity contribution in [3.8, 4) is 0 Å². The van der Waals surface area contributed by atoms with Crippen LogP contribution in [-0.2, 0) is 0 Å². The second kappa shape index (κ2) is 5.25. The van der Waals surface area contributed by atoms with Gasteiger partial charge in [0.25, 0.3) is 0 Å². The Hall–Kier alpha value is -1.16. The Labute approximate surface area is 94.7 Å².